The van der Waals surface area contributed by atoms with Gasteiger partial charge in [0, 0.05) is 25.0 Å². The molecular formula is C16H28N2O. The summed E-state index contributed by atoms with van der Waals surface area (Å²) < 4.78 is 0. The maximum Gasteiger partial charge on any atom is 0.220 e. The van der Waals surface area contributed by atoms with Crippen LogP contribution in [0, 0.1) is 17.8 Å². The molecule has 2 aliphatic carbocycles. The molecule has 19 heavy (non-hydrogen) atoms. The van der Waals surface area contributed by atoms with Crippen LogP contribution in [0.15, 0.2) is 0 Å². The van der Waals surface area contributed by atoms with Gasteiger partial charge in [0.1, 0.15) is 0 Å². The largest absolute Gasteiger partial charge is 0.355 e. The minimum atomic E-state index is 0.289. The molecule has 5 atom stereocenters. The number of carbonyl (C=O) groups is 1. The molecule has 0 spiro atoms. The van der Waals surface area contributed by atoms with Crippen LogP contribution in [0.3, 0.4) is 0 Å². The van der Waals surface area contributed by atoms with Crippen LogP contribution in [0.25, 0.3) is 0 Å². The van der Waals surface area contributed by atoms with Gasteiger partial charge in [-0.2, -0.15) is 0 Å². The average molecular weight is 264 g/mol. The lowest BCUT2D eigenvalue weighted by molar-refractivity contribution is -0.122. The van der Waals surface area contributed by atoms with E-state index in [-0.39, 0.29) is 5.91 Å². The molecule has 2 bridgehead atoms. The highest BCUT2D eigenvalue weighted by Crippen LogP contribution is 2.49. The van der Waals surface area contributed by atoms with Crippen LogP contribution in [0.4, 0.5) is 0 Å². The van der Waals surface area contributed by atoms with Crippen molar-refractivity contribution < 1.29 is 4.79 Å². The van der Waals surface area contributed by atoms with Crippen LogP contribution in [0.2, 0.25) is 0 Å². The van der Waals surface area contributed by atoms with Crippen LogP contribution in [-0.4, -0.2) is 24.5 Å². The van der Waals surface area contributed by atoms with Crippen molar-refractivity contribution in [3.05, 3.63) is 0 Å². The van der Waals surface area contributed by atoms with E-state index in [0.29, 0.717) is 18.0 Å². The van der Waals surface area contributed by atoms with Gasteiger partial charge in [0.15, 0.2) is 0 Å². The van der Waals surface area contributed by atoms with Gasteiger partial charge in [0.05, 0.1) is 0 Å². The Morgan fingerprint density at radius 2 is 2.11 bits per heavy atom. The number of rotatable bonds is 4. The van der Waals surface area contributed by atoms with Crippen LogP contribution >= 0.6 is 0 Å². The zero-order valence-corrected chi connectivity index (χ0v) is 12.2. The van der Waals surface area contributed by atoms with Crippen LogP contribution < -0.4 is 10.6 Å². The minimum absolute atomic E-state index is 0.289. The molecule has 1 saturated heterocycles. The Balaban J connectivity index is 1.37. The molecule has 2 N–H and O–H groups in total. The Bertz CT molecular complexity index is 331. The average Bonchev–Trinajstić information content (AvgIpc) is 2.99. The van der Waals surface area contributed by atoms with Gasteiger partial charge in [0.25, 0.3) is 0 Å². The molecule has 108 valence electrons. The first kappa shape index (κ1) is 13.4. The van der Waals surface area contributed by atoms with Gasteiger partial charge >= 0.3 is 0 Å². The molecular weight excluding hydrogens is 236 g/mol. The van der Waals surface area contributed by atoms with Crippen molar-refractivity contribution in [3.8, 4) is 0 Å². The molecule has 0 radical (unpaired) electrons. The zero-order valence-electron chi connectivity index (χ0n) is 12.2. The number of fused-ring (bicyclic) bond motifs is 2. The maximum absolute atomic E-state index is 12.1. The summed E-state index contributed by atoms with van der Waals surface area (Å²) >= 11 is 0. The molecule has 3 heteroatoms. The lowest BCUT2D eigenvalue weighted by Crippen LogP contribution is -2.47. The van der Waals surface area contributed by atoms with E-state index in [2.05, 4.69) is 17.6 Å². The Morgan fingerprint density at radius 3 is 2.79 bits per heavy atom. The molecule has 0 aromatic rings. The Labute approximate surface area is 116 Å². The van der Waals surface area contributed by atoms with Crippen LogP contribution in [-0.2, 0) is 4.79 Å². The predicted molar refractivity (Wildman–Crippen MR) is 76.8 cm³/mol. The van der Waals surface area contributed by atoms with Gasteiger partial charge in [-0.15, -0.1) is 0 Å². The standard InChI is InChI=1S/C16H28N2O/c1-11-3-2-4-15(18-11)10-17-16(19)9-14-8-12-5-6-13(14)7-12/h11-15,18H,2-10H2,1H3,(H,17,19). The van der Waals surface area contributed by atoms with Crippen LogP contribution in [0.5, 0.6) is 0 Å². The lowest BCUT2D eigenvalue weighted by atomic mass is 9.86. The fourth-order valence-electron chi connectivity index (χ4n) is 4.57. The van der Waals surface area contributed by atoms with E-state index in [0.717, 1.165) is 24.8 Å². The van der Waals surface area contributed by atoms with Gasteiger partial charge in [-0.3, -0.25) is 4.79 Å². The number of piperidine rings is 1. The van der Waals surface area contributed by atoms with E-state index in [1.54, 1.807) is 0 Å². The molecule has 2 saturated carbocycles. The van der Waals surface area contributed by atoms with Gasteiger partial charge in [0.2, 0.25) is 5.91 Å². The third-order valence-corrected chi connectivity index (χ3v) is 5.59. The second-order valence-electron chi connectivity index (χ2n) is 7.14. The first-order valence-corrected chi connectivity index (χ1v) is 8.23. The summed E-state index contributed by atoms with van der Waals surface area (Å²) in [6.45, 7) is 3.06. The third kappa shape index (κ3) is 3.31. The van der Waals surface area contributed by atoms with Crippen molar-refractivity contribution in [1.82, 2.24) is 10.6 Å². The van der Waals surface area contributed by atoms with E-state index in [1.165, 1.54) is 44.9 Å². The topological polar surface area (TPSA) is 41.1 Å². The summed E-state index contributed by atoms with van der Waals surface area (Å²) in [5.41, 5.74) is 0. The number of hydrogen-bond acceptors (Lipinski definition) is 2. The summed E-state index contributed by atoms with van der Waals surface area (Å²) in [4.78, 5) is 12.1. The number of nitrogens with one attached hydrogen (secondary N) is 2. The molecule has 3 aliphatic rings. The van der Waals surface area contributed by atoms with E-state index < -0.39 is 0 Å². The normalized spacial score (nSPS) is 41.4. The summed E-state index contributed by atoms with van der Waals surface area (Å²) in [5.74, 6) is 2.79. The summed E-state index contributed by atoms with van der Waals surface area (Å²) in [7, 11) is 0. The van der Waals surface area contributed by atoms with E-state index in [4.69, 9.17) is 0 Å². The van der Waals surface area contributed by atoms with E-state index in [1.807, 2.05) is 0 Å². The number of amides is 1. The van der Waals surface area contributed by atoms with Gasteiger partial charge in [-0.25, -0.2) is 0 Å². The highest BCUT2D eigenvalue weighted by Gasteiger charge is 2.40. The summed E-state index contributed by atoms with van der Waals surface area (Å²) in [6, 6.07) is 1.11. The number of carbonyl (C=O) groups excluding carboxylic acids is 1. The first-order valence-electron chi connectivity index (χ1n) is 8.23. The molecule has 1 heterocycles. The second kappa shape index (κ2) is 5.82. The zero-order chi connectivity index (χ0) is 13.2. The third-order valence-electron chi connectivity index (χ3n) is 5.59. The summed E-state index contributed by atoms with van der Waals surface area (Å²) in [6.07, 6.45) is 10.1. The monoisotopic (exact) mass is 264 g/mol. The molecule has 1 aliphatic heterocycles. The van der Waals surface area contributed by atoms with Gasteiger partial charge < -0.3 is 10.6 Å². The minimum Gasteiger partial charge on any atom is -0.355 e. The predicted octanol–water partition coefficient (Wildman–Crippen LogP) is 2.46. The van der Waals surface area contributed by atoms with Gasteiger partial charge in [-0.1, -0.05) is 12.8 Å². The van der Waals surface area contributed by atoms with Crippen molar-refractivity contribution >= 4 is 5.91 Å². The SMILES string of the molecule is CC1CCCC(CNC(=O)CC2CC3CCC2C3)N1. The highest BCUT2D eigenvalue weighted by atomic mass is 16.1. The van der Waals surface area contributed by atoms with Crippen molar-refractivity contribution in [2.24, 2.45) is 17.8 Å². The molecule has 0 aromatic carbocycles. The number of hydrogen-bond donors (Lipinski definition) is 2. The molecule has 3 nitrogen and oxygen atoms in total. The fraction of sp³-hybridized carbons (Fsp3) is 0.938. The second-order valence-corrected chi connectivity index (χ2v) is 7.14. The Kier molecular flexibility index (Phi) is 4.11. The Morgan fingerprint density at radius 1 is 1.21 bits per heavy atom. The van der Waals surface area contributed by atoms with Crippen molar-refractivity contribution in [1.29, 1.82) is 0 Å². The molecule has 3 rings (SSSR count). The molecule has 5 unspecified atom stereocenters. The quantitative estimate of drug-likeness (QED) is 0.819. The smallest absolute Gasteiger partial charge is 0.220 e. The van der Waals surface area contributed by atoms with Crippen molar-refractivity contribution in [2.45, 2.75) is 70.4 Å². The van der Waals surface area contributed by atoms with E-state index >= 15 is 0 Å². The molecule has 0 aromatic heterocycles. The van der Waals surface area contributed by atoms with Gasteiger partial charge in [-0.05, 0) is 56.8 Å². The fourth-order valence-corrected chi connectivity index (χ4v) is 4.57. The molecule has 3 fully saturated rings. The lowest BCUT2D eigenvalue weighted by Gasteiger charge is -2.29. The maximum atomic E-state index is 12.1. The van der Waals surface area contributed by atoms with Crippen LogP contribution in [0.1, 0.15) is 58.3 Å². The first-order chi connectivity index (χ1) is 9.20. The molecule has 1 amide bonds. The van der Waals surface area contributed by atoms with Crippen molar-refractivity contribution in [2.75, 3.05) is 6.54 Å². The highest BCUT2D eigenvalue weighted by molar-refractivity contribution is 5.76. The Hall–Kier alpha value is -0.570. The van der Waals surface area contributed by atoms with E-state index in [9.17, 15) is 4.79 Å². The summed E-state index contributed by atoms with van der Waals surface area (Å²) in [5, 5.41) is 6.74. The van der Waals surface area contributed by atoms with Crippen molar-refractivity contribution in [3.63, 3.8) is 0 Å².